The Kier molecular flexibility index (Phi) is 4.06. The van der Waals surface area contributed by atoms with Gasteiger partial charge in [-0.15, -0.1) is 0 Å². The molecule has 0 spiro atoms. The molecule has 1 aromatic carbocycles. The zero-order valence-corrected chi connectivity index (χ0v) is 12.7. The summed E-state index contributed by atoms with van der Waals surface area (Å²) in [5.74, 6) is 1.01. The topological polar surface area (TPSA) is 80.0 Å². The first kappa shape index (κ1) is 13.8. The predicted octanol–water partition coefficient (Wildman–Crippen LogP) is 2.68. The van der Waals surface area contributed by atoms with Crippen LogP contribution in [0.15, 0.2) is 22.7 Å². The summed E-state index contributed by atoms with van der Waals surface area (Å²) in [6.07, 6.45) is 0. The molecule has 8 heteroatoms. The van der Waals surface area contributed by atoms with Crippen molar-refractivity contribution in [3.05, 3.63) is 27.7 Å². The molecule has 0 unspecified atom stereocenters. The van der Waals surface area contributed by atoms with Crippen molar-refractivity contribution < 1.29 is 0 Å². The van der Waals surface area contributed by atoms with Crippen LogP contribution in [0.2, 0.25) is 5.02 Å². The number of hydrogen-bond donors (Lipinski definition) is 2. The highest BCUT2D eigenvalue weighted by Crippen LogP contribution is 2.26. The fourth-order valence-corrected chi connectivity index (χ4v) is 1.77. The number of benzene rings is 1. The average molecular weight is 344 g/mol. The molecule has 0 aliphatic carbocycles. The van der Waals surface area contributed by atoms with Crippen LogP contribution < -0.4 is 16.0 Å². The second-order valence-electron chi connectivity index (χ2n) is 3.97. The summed E-state index contributed by atoms with van der Waals surface area (Å²) in [7, 11) is 3.66. The predicted molar refractivity (Wildman–Crippen MR) is 81.0 cm³/mol. The van der Waals surface area contributed by atoms with Crippen molar-refractivity contribution >= 4 is 51.1 Å². The molecule has 0 bridgehead atoms. The number of aromatic nitrogens is 3. The Hall–Kier alpha value is -1.60. The number of nitrogens with one attached hydrogen (secondary N) is 1. The van der Waals surface area contributed by atoms with Crippen molar-refractivity contribution in [1.82, 2.24) is 15.0 Å². The van der Waals surface area contributed by atoms with Crippen LogP contribution in [0.3, 0.4) is 0 Å². The maximum atomic E-state index is 6.02. The number of nitrogen functional groups attached to an aromatic ring is 1. The van der Waals surface area contributed by atoms with Crippen molar-refractivity contribution in [2.24, 2.45) is 0 Å². The van der Waals surface area contributed by atoms with E-state index < -0.39 is 0 Å². The molecule has 0 atom stereocenters. The Labute approximate surface area is 124 Å². The van der Waals surface area contributed by atoms with E-state index in [0.717, 1.165) is 10.2 Å². The zero-order valence-electron chi connectivity index (χ0n) is 10.4. The van der Waals surface area contributed by atoms with Crippen LogP contribution in [0.5, 0.6) is 0 Å². The van der Waals surface area contributed by atoms with E-state index in [1.807, 2.05) is 26.2 Å². The largest absolute Gasteiger partial charge is 0.368 e. The summed E-state index contributed by atoms with van der Waals surface area (Å²) in [6, 6.07) is 5.45. The highest BCUT2D eigenvalue weighted by Gasteiger charge is 2.07. The van der Waals surface area contributed by atoms with Gasteiger partial charge in [0.05, 0.1) is 5.02 Å². The van der Waals surface area contributed by atoms with E-state index in [4.69, 9.17) is 17.3 Å². The minimum Gasteiger partial charge on any atom is -0.368 e. The van der Waals surface area contributed by atoms with Gasteiger partial charge in [0, 0.05) is 24.3 Å². The molecule has 0 saturated heterocycles. The van der Waals surface area contributed by atoms with E-state index in [0.29, 0.717) is 16.9 Å². The zero-order chi connectivity index (χ0) is 14.0. The van der Waals surface area contributed by atoms with Crippen LogP contribution in [0.4, 0.5) is 23.5 Å². The Morgan fingerprint density at radius 3 is 2.63 bits per heavy atom. The molecule has 6 nitrogen and oxygen atoms in total. The fraction of sp³-hybridized carbons (Fsp3) is 0.182. The number of halogens is 2. The molecule has 1 aromatic heterocycles. The van der Waals surface area contributed by atoms with E-state index >= 15 is 0 Å². The lowest BCUT2D eigenvalue weighted by Crippen LogP contribution is -2.15. The Morgan fingerprint density at radius 2 is 2.00 bits per heavy atom. The van der Waals surface area contributed by atoms with Crippen molar-refractivity contribution in [1.29, 1.82) is 0 Å². The van der Waals surface area contributed by atoms with Gasteiger partial charge >= 0.3 is 0 Å². The lowest BCUT2D eigenvalue weighted by Gasteiger charge is -2.12. The molecule has 100 valence electrons. The van der Waals surface area contributed by atoms with Crippen molar-refractivity contribution in [3.8, 4) is 0 Å². The first-order chi connectivity index (χ1) is 8.95. The van der Waals surface area contributed by atoms with Gasteiger partial charge in [0.25, 0.3) is 0 Å². The molecule has 0 radical (unpaired) electrons. The SMILES string of the molecule is CN(C)c1nc(N)nc(Nc2ccc(Br)c(Cl)c2)n1. The maximum Gasteiger partial charge on any atom is 0.233 e. The molecule has 19 heavy (non-hydrogen) atoms. The van der Waals surface area contributed by atoms with Gasteiger partial charge in [-0.25, -0.2) is 0 Å². The summed E-state index contributed by atoms with van der Waals surface area (Å²) in [6.45, 7) is 0. The van der Waals surface area contributed by atoms with Crippen LogP contribution >= 0.6 is 27.5 Å². The fourth-order valence-electron chi connectivity index (χ4n) is 1.34. The normalized spacial score (nSPS) is 10.3. The molecular formula is C11H12BrClN6. The molecule has 0 saturated carbocycles. The molecule has 2 rings (SSSR count). The first-order valence-electron chi connectivity index (χ1n) is 5.36. The lowest BCUT2D eigenvalue weighted by molar-refractivity contribution is 0.969. The first-order valence-corrected chi connectivity index (χ1v) is 6.54. The Bertz CT molecular complexity index is 604. The number of nitrogens with two attached hydrogens (primary N) is 1. The average Bonchev–Trinajstić information content (AvgIpc) is 2.33. The summed E-state index contributed by atoms with van der Waals surface area (Å²) < 4.78 is 0.823. The molecule has 0 aliphatic rings. The van der Waals surface area contributed by atoms with E-state index in [1.165, 1.54) is 0 Å². The van der Waals surface area contributed by atoms with Gasteiger partial charge in [-0.1, -0.05) is 11.6 Å². The number of rotatable bonds is 3. The van der Waals surface area contributed by atoms with E-state index in [-0.39, 0.29) is 5.95 Å². The van der Waals surface area contributed by atoms with Gasteiger partial charge in [-0.2, -0.15) is 15.0 Å². The second-order valence-corrected chi connectivity index (χ2v) is 5.23. The van der Waals surface area contributed by atoms with E-state index in [9.17, 15) is 0 Å². The monoisotopic (exact) mass is 342 g/mol. The third kappa shape index (κ3) is 3.45. The molecule has 0 fully saturated rings. The molecule has 2 aromatic rings. The summed E-state index contributed by atoms with van der Waals surface area (Å²) in [5, 5.41) is 3.63. The van der Waals surface area contributed by atoms with Crippen LogP contribution in [0.1, 0.15) is 0 Å². The molecule has 1 heterocycles. The van der Waals surface area contributed by atoms with Crippen LogP contribution in [-0.2, 0) is 0 Å². The molecule has 0 aliphatic heterocycles. The van der Waals surface area contributed by atoms with Gasteiger partial charge in [-0.3, -0.25) is 0 Å². The molecule has 0 amide bonds. The van der Waals surface area contributed by atoms with Gasteiger partial charge < -0.3 is 16.0 Å². The third-order valence-corrected chi connectivity index (χ3v) is 3.45. The van der Waals surface area contributed by atoms with Crippen LogP contribution in [0.25, 0.3) is 0 Å². The van der Waals surface area contributed by atoms with Gasteiger partial charge in [0.15, 0.2) is 0 Å². The summed E-state index contributed by atoms with van der Waals surface area (Å²) in [5.41, 5.74) is 6.41. The van der Waals surface area contributed by atoms with E-state index in [2.05, 4.69) is 36.2 Å². The highest BCUT2D eigenvalue weighted by molar-refractivity contribution is 9.10. The number of nitrogens with zero attached hydrogens (tertiary/aromatic N) is 4. The van der Waals surface area contributed by atoms with Gasteiger partial charge in [0.2, 0.25) is 17.8 Å². The van der Waals surface area contributed by atoms with Crippen molar-refractivity contribution in [2.75, 3.05) is 30.0 Å². The quantitative estimate of drug-likeness (QED) is 0.892. The Morgan fingerprint density at radius 1 is 1.26 bits per heavy atom. The second kappa shape index (κ2) is 5.58. The Balaban J connectivity index is 2.29. The van der Waals surface area contributed by atoms with Gasteiger partial charge in [0.1, 0.15) is 0 Å². The maximum absolute atomic E-state index is 6.02. The minimum atomic E-state index is 0.157. The summed E-state index contributed by atoms with van der Waals surface area (Å²) >= 11 is 9.35. The smallest absolute Gasteiger partial charge is 0.233 e. The summed E-state index contributed by atoms with van der Waals surface area (Å²) in [4.78, 5) is 14.0. The third-order valence-electron chi connectivity index (χ3n) is 2.22. The molecule has 3 N–H and O–H groups in total. The van der Waals surface area contributed by atoms with Gasteiger partial charge in [-0.05, 0) is 34.1 Å². The lowest BCUT2D eigenvalue weighted by atomic mass is 10.3. The highest BCUT2D eigenvalue weighted by atomic mass is 79.9. The minimum absolute atomic E-state index is 0.157. The van der Waals surface area contributed by atoms with Crippen molar-refractivity contribution in [3.63, 3.8) is 0 Å². The number of hydrogen-bond acceptors (Lipinski definition) is 6. The van der Waals surface area contributed by atoms with Crippen molar-refractivity contribution in [2.45, 2.75) is 0 Å². The van der Waals surface area contributed by atoms with Crippen LogP contribution in [0, 0.1) is 0 Å². The van der Waals surface area contributed by atoms with Crippen LogP contribution in [-0.4, -0.2) is 29.0 Å². The van der Waals surface area contributed by atoms with E-state index in [1.54, 1.807) is 11.0 Å². The number of anilines is 4. The molecular weight excluding hydrogens is 332 g/mol. The standard InChI is InChI=1S/C11H12BrClN6/c1-19(2)11-17-9(14)16-10(18-11)15-6-3-4-7(12)8(13)5-6/h3-5H,1-2H3,(H3,14,15,16,17,18).